The van der Waals surface area contributed by atoms with Gasteiger partial charge in [0, 0.05) is 64.7 Å². The summed E-state index contributed by atoms with van der Waals surface area (Å²) >= 11 is 0. The summed E-state index contributed by atoms with van der Waals surface area (Å²) in [6.45, 7) is 11.6. The lowest BCUT2D eigenvalue weighted by Gasteiger charge is -2.35. The van der Waals surface area contributed by atoms with Gasteiger partial charge in [-0.05, 0) is 96.4 Å². The van der Waals surface area contributed by atoms with Crippen LogP contribution in [0, 0.1) is 13.8 Å². The molecule has 0 bridgehead atoms. The SMILES string of the molecule is COCCN1CCC(c2cc3c(cc2C)C=NC3)C(F)C1.COCCN1CCC(c2cc3c(cc2C)C=NC3)C(F)C1. The molecule has 4 heterocycles. The Bertz CT molecular complexity index is 1190. The Morgan fingerprint density at radius 2 is 1.14 bits per heavy atom. The number of benzene rings is 2. The minimum absolute atomic E-state index is 0.0229. The normalized spacial score (nSPS) is 25.3. The molecule has 2 aromatic rings. The van der Waals surface area contributed by atoms with E-state index in [0.717, 1.165) is 52.1 Å². The number of fused-ring (bicyclic) bond motifs is 2. The van der Waals surface area contributed by atoms with Crippen molar-refractivity contribution in [2.75, 3.05) is 66.7 Å². The van der Waals surface area contributed by atoms with E-state index >= 15 is 0 Å². The predicted octanol–water partition coefficient (Wildman–Crippen LogP) is 5.40. The van der Waals surface area contributed by atoms with E-state index in [-0.39, 0.29) is 11.8 Å². The summed E-state index contributed by atoms with van der Waals surface area (Å²) in [7, 11) is 3.38. The summed E-state index contributed by atoms with van der Waals surface area (Å²) in [6, 6.07) is 8.68. The van der Waals surface area contributed by atoms with Crippen molar-refractivity contribution < 1.29 is 18.3 Å². The molecule has 6 nitrogen and oxygen atoms in total. The zero-order valence-corrected chi connectivity index (χ0v) is 25.6. The molecular weight excluding hydrogens is 534 g/mol. The quantitative estimate of drug-likeness (QED) is 0.420. The molecule has 0 N–H and O–H groups in total. The van der Waals surface area contributed by atoms with Gasteiger partial charge < -0.3 is 9.47 Å². The Balaban J connectivity index is 0.000000168. The summed E-state index contributed by atoms with van der Waals surface area (Å²) < 4.78 is 39.4. The maximum Gasteiger partial charge on any atom is 0.120 e. The molecule has 228 valence electrons. The summed E-state index contributed by atoms with van der Waals surface area (Å²) in [5, 5.41) is 0. The van der Waals surface area contributed by atoms with E-state index in [1.54, 1.807) is 14.2 Å². The number of halogens is 2. The van der Waals surface area contributed by atoms with Crippen molar-refractivity contribution in [1.29, 1.82) is 0 Å². The molecule has 0 amide bonds. The van der Waals surface area contributed by atoms with Crippen LogP contribution in [0.25, 0.3) is 0 Å². The van der Waals surface area contributed by atoms with E-state index in [0.29, 0.717) is 26.3 Å². The van der Waals surface area contributed by atoms with Crippen molar-refractivity contribution in [1.82, 2.24) is 9.80 Å². The molecule has 2 aromatic carbocycles. The summed E-state index contributed by atoms with van der Waals surface area (Å²) in [6.07, 6.45) is 4.01. The van der Waals surface area contributed by atoms with Crippen molar-refractivity contribution >= 4 is 12.4 Å². The average molecular weight is 581 g/mol. The van der Waals surface area contributed by atoms with Crippen LogP contribution in [0.1, 0.15) is 69.2 Å². The van der Waals surface area contributed by atoms with Gasteiger partial charge in [0.2, 0.25) is 0 Å². The molecule has 4 aliphatic heterocycles. The number of hydrogen-bond acceptors (Lipinski definition) is 6. The predicted molar refractivity (Wildman–Crippen MR) is 166 cm³/mol. The zero-order valence-electron chi connectivity index (χ0n) is 25.6. The molecule has 4 atom stereocenters. The first kappa shape index (κ1) is 30.9. The second-order valence-corrected chi connectivity index (χ2v) is 12.2. The van der Waals surface area contributed by atoms with Crippen LogP contribution in [0.4, 0.5) is 8.78 Å². The number of piperidine rings is 2. The molecule has 4 aliphatic rings. The van der Waals surface area contributed by atoms with Gasteiger partial charge in [-0.25, -0.2) is 8.78 Å². The third kappa shape index (κ3) is 7.16. The molecule has 2 fully saturated rings. The molecule has 0 saturated carbocycles. The fourth-order valence-corrected chi connectivity index (χ4v) is 6.87. The Kier molecular flexibility index (Phi) is 10.5. The standard InChI is InChI=1S/2C17H23FN2O/c2*1-12-7-13-9-19-10-14(13)8-16(12)15-3-4-20(5-6-21-2)11-17(15)18/h2*7-9,15,17H,3-6,10-11H2,1-2H3. The minimum Gasteiger partial charge on any atom is -0.383 e. The lowest BCUT2D eigenvalue weighted by atomic mass is 9.84. The first-order valence-corrected chi connectivity index (χ1v) is 15.3. The lowest BCUT2D eigenvalue weighted by molar-refractivity contribution is 0.0860. The van der Waals surface area contributed by atoms with Gasteiger partial charge in [-0.2, -0.15) is 0 Å². The van der Waals surface area contributed by atoms with Crippen molar-refractivity contribution in [2.24, 2.45) is 9.98 Å². The van der Waals surface area contributed by atoms with Crippen molar-refractivity contribution in [3.05, 3.63) is 68.8 Å². The monoisotopic (exact) mass is 580 g/mol. The fourth-order valence-electron chi connectivity index (χ4n) is 6.87. The van der Waals surface area contributed by atoms with Crippen LogP contribution in [0.3, 0.4) is 0 Å². The molecule has 8 heteroatoms. The van der Waals surface area contributed by atoms with Gasteiger partial charge in [-0.1, -0.05) is 12.1 Å². The van der Waals surface area contributed by atoms with E-state index in [2.05, 4.69) is 57.9 Å². The topological polar surface area (TPSA) is 49.7 Å². The van der Waals surface area contributed by atoms with Crippen LogP contribution >= 0.6 is 0 Å². The molecule has 2 saturated heterocycles. The smallest absolute Gasteiger partial charge is 0.120 e. The van der Waals surface area contributed by atoms with E-state index in [4.69, 9.17) is 9.47 Å². The molecule has 42 heavy (non-hydrogen) atoms. The third-order valence-corrected chi connectivity index (χ3v) is 9.31. The van der Waals surface area contributed by atoms with Crippen LogP contribution in [0.5, 0.6) is 0 Å². The van der Waals surface area contributed by atoms with Gasteiger partial charge in [0.15, 0.2) is 0 Å². The number of likely N-dealkylation sites (tertiary alicyclic amines) is 2. The van der Waals surface area contributed by atoms with Gasteiger partial charge in [0.1, 0.15) is 12.3 Å². The number of nitrogens with zero attached hydrogens (tertiary/aromatic N) is 4. The Morgan fingerprint density at radius 3 is 1.52 bits per heavy atom. The Hall–Kier alpha value is -2.52. The molecule has 0 aromatic heterocycles. The number of hydrogen-bond donors (Lipinski definition) is 0. The highest BCUT2D eigenvalue weighted by Gasteiger charge is 2.33. The molecule has 0 aliphatic carbocycles. The number of aliphatic imine (C=N–C) groups is 2. The zero-order chi connectivity index (χ0) is 29.6. The van der Waals surface area contributed by atoms with Gasteiger partial charge >= 0.3 is 0 Å². The fraction of sp³-hybridized carbons (Fsp3) is 0.588. The van der Waals surface area contributed by atoms with Crippen LogP contribution in [-0.2, 0) is 22.6 Å². The van der Waals surface area contributed by atoms with E-state index in [1.807, 2.05) is 12.4 Å². The van der Waals surface area contributed by atoms with Crippen molar-refractivity contribution in [2.45, 2.75) is 64.0 Å². The molecule has 0 spiro atoms. The highest BCUT2D eigenvalue weighted by atomic mass is 19.1. The summed E-state index contributed by atoms with van der Waals surface area (Å²) in [5.74, 6) is 0.0457. The number of rotatable bonds is 8. The molecule has 6 rings (SSSR count). The minimum atomic E-state index is -0.797. The highest BCUT2D eigenvalue weighted by molar-refractivity contribution is 5.85. The first-order valence-electron chi connectivity index (χ1n) is 15.3. The van der Waals surface area contributed by atoms with Crippen LogP contribution in [0.2, 0.25) is 0 Å². The van der Waals surface area contributed by atoms with Crippen molar-refractivity contribution in [3.8, 4) is 0 Å². The number of ether oxygens (including phenoxy) is 2. The maximum atomic E-state index is 14.6. The summed E-state index contributed by atoms with van der Waals surface area (Å²) in [4.78, 5) is 12.9. The molecule has 4 unspecified atom stereocenters. The van der Waals surface area contributed by atoms with Crippen LogP contribution in [0.15, 0.2) is 34.3 Å². The lowest BCUT2D eigenvalue weighted by Crippen LogP contribution is -2.42. The van der Waals surface area contributed by atoms with Gasteiger partial charge in [0.05, 0.1) is 26.3 Å². The first-order chi connectivity index (χ1) is 20.4. The van der Waals surface area contributed by atoms with Crippen LogP contribution < -0.4 is 0 Å². The van der Waals surface area contributed by atoms with Gasteiger partial charge in [0.25, 0.3) is 0 Å². The average Bonchev–Trinajstić information content (AvgIpc) is 3.63. The van der Waals surface area contributed by atoms with E-state index in [9.17, 15) is 8.78 Å². The largest absolute Gasteiger partial charge is 0.383 e. The van der Waals surface area contributed by atoms with E-state index < -0.39 is 12.3 Å². The summed E-state index contributed by atoms with van der Waals surface area (Å²) in [5.41, 5.74) is 9.62. The second-order valence-electron chi connectivity index (χ2n) is 12.2. The Morgan fingerprint density at radius 1 is 0.714 bits per heavy atom. The third-order valence-electron chi connectivity index (χ3n) is 9.31. The van der Waals surface area contributed by atoms with Gasteiger partial charge in [-0.15, -0.1) is 0 Å². The Labute approximate surface area is 249 Å². The second kappa shape index (κ2) is 14.3. The molecule has 0 radical (unpaired) electrons. The highest BCUT2D eigenvalue weighted by Crippen LogP contribution is 2.36. The van der Waals surface area contributed by atoms with Gasteiger partial charge in [-0.3, -0.25) is 19.8 Å². The number of methoxy groups -OCH3 is 2. The van der Waals surface area contributed by atoms with Crippen LogP contribution in [-0.4, -0.2) is 101 Å². The maximum absolute atomic E-state index is 14.6. The number of alkyl halides is 2. The van der Waals surface area contributed by atoms with E-state index in [1.165, 1.54) is 44.5 Å². The van der Waals surface area contributed by atoms with Crippen molar-refractivity contribution in [3.63, 3.8) is 0 Å². The number of aryl methyl sites for hydroxylation is 2. The molecular formula is C34H46F2N4O2.